The van der Waals surface area contributed by atoms with Gasteiger partial charge in [0.05, 0.1) is 6.42 Å². The smallest absolute Gasteiger partial charge is 0.212 e. The van der Waals surface area contributed by atoms with E-state index in [2.05, 4.69) is 35.1 Å². The van der Waals surface area contributed by atoms with Crippen molar-refractivity contribution in [3.05, 3.63) is 83.9 Å². The molecule has 2 unspecified atom stereocenters. The maximum absolute atomic E-state index is 10.7. The highest BCUT2D eigenvalue weighted by atomic mass is 16.6. The fourth-order valence-electron chi connectivity index (χ4n) is 3.96. The number of nitrogens with two attached hydrogens (primary N) is 1. The number of aliphatic hydroxyl groups is 1. The van der Waals surface area contributed by atoms with Crippen molar-refractivity contribution >= 4 is 0 Å². The number of rotatable bonds is 9. The summed E-state index contributed by atoms with van der Waals surface area (Å²) in [5, 5.41) is 10.7. The second kappa shape index (κ2) is 9.67. The van der Waals surface area contributed by atoms with Gasteiger partial charge in [-0.25, -0.2) is 9.97 Å². The summed E-state index contributed by atoms with van der Waals surface area (Å²) in [6.45, 7) is 3.82. The Labute approximate surface area is 189 Å². The van der Waals surface area contributed by atoms with E-state index in [9.17, 15) is 5.11 Å². The van der Waals surface area contributed by atoms with Crippen molar-refractivity contribution in [1.82, 2.24) is 9.97 Å². The van der Waals surface area contributed by atoms with Gasteiger partial charge in [-0.2, -0.15) is 0 Å². The van der Waals surface area contributed by atoms with Gasteiger partial charge in [-0.15, -0.1) is 0 Å². The molecule has 1 aliphatic carbocycles. The van der Waals surface area contributed by atoms with Crippen LogP contribution in [0.25, 0.3) is 0 Å². The van der Waals surface area contributed by atoms with Crippen LogP contribution in [0, 0.1) is 0 Å². The number of hydrogen-bond acceptors (Lipinski definition) is 6. The van der Waals surface area contributed by atoms with Crippen molar-refractivity contribution in [3.8, 4) is 11.5 Å². The Morgan fingerprint density at radius 2 is 1.78 bits per heavy atom. The molecular formula is C26H31N3O3. The maximum atomic E-state index is 10.7. The van der Waals surface area contributed by atoms with Crippen LogP contribution in [0.4, 0.5) is 0 Å². The average molecular weight is 434 g/mol. The zero-order chi connectivity index (χ0) is 22.6. The normalized spacial score (nSPS) is 20.6. The average Bonchev–Trinajstić information content (AvgIpc) is 2.74. The lowest BCUT2D eigenvalue weighted by Gasteiger charge is -2.32. The predicted molar refractivity (Wildman–Crippen MR) is 124 cm³/mol. The Kier molecular flexibility index (Phi) is 6.72. The van der Waals surface area contributed by atoms with E-state index < -0.39 is 5.79 Å². The lowest BCUT2D eigenvalue weighted by atomic mass is 9.90. The molecule has 1 aromatic heterocycles. The zero-order valence-electron chi connectivity index (χ0n) is 18.6. The van der Waals surface area contributed by atoms with Crippen LogP contribution in [0.3, 0.4) is 0 Å². The molecule has 1 heterocycles. The van der Waals surface area contributed by atoms with Gasteiger partial charge >= 0.3 is 0 Å². The molecule has 6 heteroatoms. The molecule has 2 aromatic carbocycles. The molecule has 32 heavy (non-hydrogen) atoms. The molecule has 0 radical (unpaired) electrons. The molecule has 168 valence electrons. The van der Waals surface area contributed by atoms with E-state index >= 15 is 0 Å². The van der Waals surface area contributed by atoms with Crippen molar-refractivity contribution in [2.75, 3.05) is 0 Å². The van der Waals surface area contributed by atoms with Crippen LogP contribution in [-0.2, 0) is 12.8 Å². The second-order valence-corrected chi connectivity index (χ2v) is 8.91. The molecule has 0 aliphatic heterocycles. The summed E-state index contributed by atoms with van der Waals surface area (Å²) >= 11 is 0. The van der Waals surface area contributed by atoms with Gasteiger partial charge in [-0.3, -0.25) is 0 Å². The minimum absolute atomic E-state index is 0.203. The third-order valence-electron chi connectivity index (χ3n) is 5.77. The molecule has 1 fully saturated rings. The Hall–Kier alpha value is -2.96. The van der Waals surface area contributed by atoms with Crippen molar-refractivity contribution in [3.63, 3.8) is 0 Å². The minimum Gasteiger partial charge on any atom is -0.490 e. The van der Waals surface area contributed by atoms with Gasteiger partial charge in [0.25, 0.3) is 0 Å². The number of ether oxygens (including phenoxy) is 2. The largest absolute Gasteiger partial charge is 0.490 e. The van der Waals surface area contributed by atoms with E-state index in [0.717, 1.165) is 30.6 Å². The number of hydrogen-bond donors (Lipinski definition) is 2. The molecule has 3 aromatic rings. The first kappa shape index (κ1) is 22.2. The van der Waals surface area contributed by atoms with Crippen molar-refractivity contribution < 1.29 is 14.6 Å². The Balaban J connectivity index is 1.35. The van der Waals surface area contributed by atoms with Crippen LogP contribution in [0.1, 0.15) is 49.6 Å². The molecule has 0 amide bonds. The Morgan fingerprint density at radius 3 is 2.47 bits per heavy atom. The van der Waals surface area contributed by atoms with Gasteiger partial charge in [-0.05, 0) is 66.6 Å². The summed E-state index contributed by atoms with van der Waals surface area (Å²) < 4.78 is 11.8. The summed E-state index contributed by atoms with van der Waals surface area (Å²) in [5.41, 5.74) is 8.22. The molecule has 0 spiro atoms. The summed E-state index contributed by atoms with van der Waals surface area (Å²) in [7, 11) is 0. The number of benzene rings is 2. The Bertz CT molecular complexity index is 1000. The van der Waals surface area contributed by atoms with Crippen LogP contribution >= 0.6 is 0 Å². The van der Waals surface area contributed by atoms with E-state index in [1.54, 1.807) is 25.4 Å². The highest BCUT2D eigenvalue weighted by Crippen LogP contribution is 2.28. The molecule has 1 aliphatic rings. The van der Waals surface area contributed by atoms with Crippen LogP contribution < -0.4 is 15.2 Å². The highest BCUT2D eigenvalue weighted by molar-refractivity contribution is 5.33. The fourth-order valence-corrected chi connectivity index (χ4v) is 3.96. The van der Waals surface area contributed by atoms with E-state index in [1.807, 2.05) is 30.3 Å². The first-order valence-corrected chi connectivity index (χ1v) is 11.1. The van der Waals surface area contributed by atoms with E-state index in [4.69, 9.17) is 15.2 Å². The standard InChI is InChI=1S/C26H31N3O3/c1-18(13-19-7-9-22(10-8-19)31-24-15-21(27)16-24)20-5-3-6-23(14-20)32-26(2,30)17-25-28-11-4-12-29-25/h3-12,14,18,21,24,30H,13,15-17,27H2,1-2H3/t18?,21-,24-,26?. The highest BCUT2D eigenvalue weighted by Gasteiger charge is 2.27. The quantitative estimate of drug-likeness (QED) is 0.495. The van der Waals surface area contributed by atoms with Crippen LogP contribution in [0.15, 0.2) is 67.0 Å². The number of nitrogens with zero attached hydrogens (tertiary/aromatic N) is 2. The lowest BCUT2D eigenvalue weighted by Crippen LogP contribution is -2.43. The van der Waals surface area contributed by atoms with Crippen molar-refractivity contribution in [2.45, 2.75) is 63.4 Å². The number of aromatic nitrogens is 2. The van der Waals surface area contributed by atoms with Crippen LogP contribution in [-0.4, -0.2) is 33.0 Å². The summed E-state index contributed by atoms with van der Waals surface area (Å²) in [5.74, 6) is 0.951. The van der Waals surface area contributed by atoms with Gasteiger partial charge in [0.1, 0.15) is 23.4 Å². The monoisotopic (exact) mass is 433 g/mol. The topological polar surface area (TPSA) is 90.5 Å². The summed E-state index contributed by atoms with van der Waals surface area (Å²) in [4.78, 5) is 8.33. The zero-order valence-corrected chi connectivity index (χ0v) is 18.6. The molecule has 1 saturated carbocycles. The Morgan fingerprint density at radius 1 is 1.06 bits per heavy atom. The van der Waals surface area contributed by atoms with Gasteiger partial charge < -0.3 is 20.3 Å². The third-order valence-corrected chi connectivity index (χ3v) is 5.77. The van der Waals surface area contributed by atoms with Gasteiger partial charge in [0.15, 0.2) is 0 Å². The SMILES string of the molecule is CC(Cc1ccc(O[C@H]2C[C@H](N)C2)cc1)c1cccc(OC(C)(O)Cc2ncccn2)c1. The minimum atomic E-state index is -1.40. The lowest BCUT2D eigenvalue weighted by molar-refractivity contribution is -0.121. The van der Waals surface area contributed by atoms with Gasteiger partial charge in [0.2, 0.25) is 5.79 Å². The molecular weight excluding hydrogens is 402 g/mol. The van der Waals surface area contributed by atoms with E-state index in [0.29, 0.717) is 11.6 Å². The summed E-state index contributed by atoms with van der Waals surface area (Å²) in [6, 6.07) is 18.2. The first-order valence-electron chi connectivity index (χ1n) is 11.1. The van der Waals surface area contributed by atoms with Crippen LogP contribution in [0.2, 0.25) is 0 Å². The molecule has 4 rings (SSSR count). The predicted octanol–water partition coefficient (Wildman–Crippen LogP) is 4.02. The molecule has 2 atom stereocenters. The van der Waals surface area contributed by atoms with Gasteiger partial charge in [-0.1, -0.05) is 31.2 Å². The van der Waals surface area contributed by atoms with E-state index in [1.165, 1.54) is 5.56 Å². The second-order valence-electron chi connectivity index (χ2n) is 8.91. The maximum Gasteiger partial charge on any atom is 0.212 e. The summed E-state index contributed by atoms with van der Waals surface area (Å²) in [6.07, 6.45) is 6.53. The molecule has 0 saturated heterocycles. The van der Waals surface area contributed by atoms with Crippen LogP contribution in [0.5, 0.6) is 11.5 Å². The van der Waals surface area contributed by atoms with Crippen molar-refractivity contribution in [2.24, 2.45) is 5.73 Å². The fraction of sp³-hybridized carbons (Fsp3) is 0.385. The van der Waals surface area contributed by atoms with E-state index in [-0.39, 0.29) is 24.5 Å². The third kappa shape index (κ3) is 6.05. The molecule has 3 N–H and O–H groups in total. The van der Waals surface area contributed by atoms with Gasteiger partial charge in [0, 0.05) is 25.4 Å². The molecule has 6 nitrogen and oxygen atoms in total. The first-order chi connectivity index (χ1) is 15.4. The van der Waals surface area contributed by atoms with Crippen molar-refractivity contribution in [1.29, 1.82) is 0 Å². The molecule has 0 bridgehead atoms.